The van der Waals surface area contributed by atoms with Gasteiger partial charge in [0.15, 0.2) is 0 Å². The van der Waals surface area contributed by atoms with Crippen LogP contribution >= 0.6 is 0 Å². The Hall–Kier alpha value is -3.14. The first kappa shape index (κ1) is 18.6. The van der Waals surface area contributed by atoms with Gasteiger partial charge in [0, 0.05) is 13.1 Å². The lowest BCUT2D eigenvalue weighted by Gasteiger charge is -2.20. The van der Waals surface area contributed by atoms with Crippen molar-refractivity contribution in [1.29, 1.82) is 0 Å². The normalized spacial score (nSPS) is 10.6. The zero-order valence-corrected chi connectivity index (χ0v) is 15.7. The maximum Gasteiger partial charge on any atom is 0.255 e. The Morgan fingerprint density at radius 1 is 0.852 bits per heavy atom. The lowest BCUT2D eigenvalue weighted by molar-refractivity contribution is -0.115. The van der Waals surface area contributed by atoms with Crippen LogP contribution in [0.5, 0.6) is 0 Å². The quantitative estimate of drug-likeness (QED) is 0.703. The summed E-state index contributed by atoms with van der Waals surface area (Å²) in [5.74, 6) is -0.202. The molecule has 0 bridgehead atoms. The number of carbonyl (C=O) groups is 2. The van der Waals surface area contributed by atoms with E-state index in [0.717, 1.165) is 16.3 Å². The van der Waals surface area contributed by atoms with Gasteiger partial charge >= 0.3 is 0 Å². The van der Waals surface area contributed by atoms with Crippen LogP contribution < -0.4 is 5.32 Å². The maximum absolute atomic E-state index is 12.7. The highest BCUT2D eigenvalue weighted by atomic mass is 16.2. The van der Waals surface area contributed by atoms with Gasteiger partial charge < -0.3 is 10.2 Å². The minimum absolute atomic E-state index is 0.0685. The Balaban J connectivity index is 1.81. The number of para-hydroxylation sites is 1. The molecule has 0 aliphatic heterocycles. The lowest BCUT2D eigenvalue weighted by Crippen LogP contribution is -2.31. The van der Waals surface area contributed by atoms with Crippen LogP contribution in [-0.2, 0) is 11.2 Å². The van der Waals surface area contributed by atoms with Crippen molar-refractivity contribution in [3.05, 3.63) is 77.9 Å². The molecule has 0 fully saturated rings. The number of nitrogens with zero attached hydrogens (tertiary/aromatic N) is 1. The topological polar surface area (TPSA) is 49.4 Å². The van der Waals surface area contributed by atoms with Crippen molar-refractivity contribution in [1.82, 2.24) is 4.90 Å². The van der Waals surface area contributed by atoms with Gasteiger partial charge in [-0.2, -0.15) is 0 Å². The second kappa shape index (κ2) is 8.49. The molecule has 3 aromatic rings. The average molecular weight is 360 g/mol. The Bertz CT molecular complexity index is 956. The first-order chi connectivity index (χ1) is 13.1. The number of hydrogen-bond donors (Lipinski definition) is 1. The highest BCUT2D eigenvalue weighted by molar-refractivity contribution is 6.04. The van der Waals surface area contributed by atoms with Crippen LogP contribution in [0.4, 0.5) is 5.69 Å². The number of fused-ring (bicyclic) bond motifs is 1. The van der Waals surface area contributed by atoms with E-state index in [1.54, 1.807) is 17.0 Å². The van der Waals surface area contributed by atoms with Crippen LogP contribution in [0.25, 0.3) is 10.8 Å². The van der Waals surface area contributed by atoms with Gasteiger partial charge in [-0.25, -0.2) is 0 Å². The number of benzene rings is 3. The number of anilines is 1. The van der Waals surface area contributed by atoms with E-state index in [-0.39, 0.29) is 18.2 Å². The maximum atomic E-state index is 12.7. The van der Waals surface area contributed by atoms with Gasteiger partial charge in [-0.3, -0.25) is 9.59 Å². The van der Waals surface area contributed by atoms with Crippen LogP contribution in [0.2, 0.25) is 0 Å². The molecule has 3 rings (SSSR count). The monoisotopic (exact) mass is 360 g/mol. The lowest BCUT2D eigenvalue weighted by atomic mass is 10.0. The van der Waals surface area contributed by atoms with Crippen LogP contribution in [0, 0.1) is 0 Å². The second-order valence-corrected chi connectivity index (χ2v) is 6.39. The van der Waals surface area contributed by atoms with Crippen LogP contribution in [-0.4, -0.2) is 29.8 Å². The van der Waals surface area contributed by atoms with Crippen LogP contribution in [0.3, 0.4) is 0 Å². The first-order valence-electron chi connectivity index (χ1n) is 9.28. The van der Waals surface area contributed by atoms with Crippen LogP contribution in [0.1, 0.15) is 29.8 Å². The number of nitrogens with one attached hydrogen (secondary N) is 1. The number of rotatable bonds is 6. The molecule has 0 saturated heterocycles. The molecule has 0 spiro atoms. The Labute approximate surface area is 159 Å². The van der Waals surface area contributed by atoms with Crippen molar-refractivity contribution in [2.45, 2.75) is 20.3 Å². The van der Waals surface area contributed by atoms with Crippen molar-refractivity contribution in [3.63, 3.8) is 0 Å². The molecule has 0 heterocycles. The van der Waals surface area contributed by atoms with Gasteiger partial charge in [-0.05, 0) is 42.3 Å². The van der Waals surface area contributed by atoms with Crippen LogP contribution in [0.15, 0.2) is 66.7 Å². The van der Waals surface area contributed by atoms with Crippen molar-refractivity contribution in [3.8, 4) is 0 Å². The van der Waals surface area contributed by atoms with Gasteiger partial charge in [-0.15, -0.1) is 0 Å². The molecule has 0 aliphatic rings. The number of amides is 2. The third-order valence-electron chi connectivity index (χ3n) is 4.71. The van der Waals surface area contributed by atoms with Gasteiger partial charge in [0.2, 0.25) is 5.91 Å². The predicted octanol–water partition coefficient (Wildman–Crippen LogP) is 4.50. The minimum Gasteiger partial charge on any atom is -0.339 e. The Morgan fingerprint density at radius 3 is 2.30 bits per heavy atom. The summed E-state index contributed by atoms with van der Waals surface area (Å²) in [6.07, 6.45) is 0.259. The summed E-state index contributed by atoms with van der Waals surface area (Å²) in [7, 11) is 0. The van der Waals surface area contributed by atoms with E-state index in [2.05, 4.69) is 5.32 Å². The molecule has 27 heavy (non-hydrogen) atoms. The molecular weight excluding hydrogens is 336 g/mol. The van der Waals surface area contributed by atoms with E-state index < -0.39 is 0 Å². The predicted molar refractivity (Wildman–Crippen MR) is 110 cm³/mol. The van der Waals surface area contributed by atoms with E-state index in [9.17, 15) is 9.59 Å². The first-order valence-corrected chi connectivity index (χ1v) is 9.28. The fourth-order valence-corrected chi connectivity index (χ4v) is 3.27. The third kappa shape index (κ3) is 4.17. The standard InChI is InChI=1S/C23H24N2O2/c1-3-25(4-2)23(27)20-14-7-8-15-21(20)24-22(26)16-18-12-9-11-17-10-5-6-13-19(17)18/h5-15H,3-4,16H2,1-2H3,(H,24,26). The second-order valence-electron chi connectivity index (χ2n) is 6.39. The molecule has 0 atom stereocenters. The number of hydrogen-bond acceptors (Lipinski definition) is 2. The SMILES string of the molecule is CCN(CC)C(=O)c1ccccc1NC(=O)Cc1cccc2ccccc12. The summed E-state index contributed by atoms with van der Waals surface area (Å²) in [4.78, 5) is 27.1. The largest absolute Gasteiger partial charge is 0.339 e. The fourth-order valence-electron chi connectivity index (χ4n) is 3.27. The van der Waals surface area contributed by atoms with Gasteiger partial charge in [0.25, 0.3) is 5.91 Å². The van der Waals surface area contributed by atoms with E-state index in [4.69, 9.17) is 0 Å². The van der Waals surface area contributed by atoms with E-state index in [1.807, 2.05) is 68.4 Å². The van der Waals surface area contributed by atoms with E-state index in [1.165, 1.54) is 0 Å². The van der Waals surface area contributed by atoms with Crippen molar-refractivity contribution >= 4 is 28.3 Å². The van der Waals surface area contributed by atoms with Crippen molar-refractivity contribution < 1.29 is 9.59 Å². The fraction of sp³-hybridized carbons (Fsp3) is 0.217. The highest BCUT2D eigenvalue weighted by Crippen LogP contribution is 2.21. The summed E-state index contributed by atoms with van der Waals surface area (Å²) in [6.45, 7) is 5.16. The molecule has 138 valence electrons. The van der Waals surface area contributed by atoms with Crippen molar-refractivity contribution in [2.75, 3.05) is 18.4 Å². The molecule has 1 N–H and O–H groups in total. The summed E-state index contributed by atoms with van der Waals surface area (Å²) in [6, 6.07) is 21.2. The Morgan fingerprint density at radius 2 is 1.52 bits per heavy atom. The smallest absolute Gasteiger partial charge is 0.255 e. The van der Waals surface area contributed by atoms with Gasteiger partial charge in [0.1, 0.15) is 0 Å². The molecule has 0 aliphatic carbocycles. The van der Waals surface area contributed by atoms with Crippen molar-refractivity contribution in [2.24, 2.45) is 0 Å². The molecule has 0 radical (unpaired) electrons. The van der Waals surface area contributed by atoms with Gasteiger partial charge in [0.05, 0.1) is 17.7 Å². The highest BCUT2D eigenvalue weighted by Gasteiger charge is 2.17. The van der Waals surface area contributed by atoms with E-state index in [0.29, 0.717) is 24.3 Å². The number of carbonyl (C=O) groups excluding carboxylic acids is 2. The molecule has 2 amide bonds. The minimum atomic E-state index is -0.133. The van der Waals surface area contributed by atoms with E-state index >= 15 is 0 Å². The summed E-state index contributed by atoms with van der Waals surface area (Å²) in [5.41, 5.74) is 2.05. The molecule has 0 saturated carbocycles. The zero-order chi connectivity index (χ0) is 19.2. The van der Waals surface area contributed by atoms with Gasteiger partial charge in [-0.1, -0.05) is 54.6 Å². The average Bonchev–Trinajstić information content (AvgIpc) is 2.69. The molecule has 3 aromatic carbocycles. The summed E-state index contributed by atoms with van der Waals surface area (Å²) >= 11 is 0. The third-order valence-corrected chi connectivity index (χ3v) is 4.71. The Kier molecular flexibility index (Phi) is 5.87. The molecule has 4 nitrogen and oxygen atoms in total. The summed E-state index contributed by atoms with van der Waals surface area (Å²) < 4.78 is 0. The zero-order valence-electron chi connectivity index (χ0n) is 15.7. The molecule has 0 unspecified atom stereocenters. The molecule has 4 heteroatoms. The summed E-state index contributed by atoms with van der Waals surface area (Å²) in [5, 5.41) is 5.10. The molecular formula is C23H24N2O2. The molecule has 0 aromatic heterocycles.